The second-order valence-electron chi connectivity index (χ2n) is 7.57. The normalized spacial score (nSPS) is 26.3. The Morgan fingerprint density at radius 2 is 2.05 bits per heavy atom. The molecule has 0 saturated carbocycles. The fourth-order valence-corrected chi connectivity index (χ4v) is 3.35. The van der Waals surface area contributed by atoms with E-state index in [0.29, 0.717) is 35.6 Å². The van der Waals surface area contributed by atoms with Crippen molar-refractivity contribution in [1.29, 1.82) is 0 Å². The number of rotatable bonds is 4. The summed E-state index contributed by atoms with van der Waals surface area (Å²) in [5.74, 6) is 1.38. The molecule has 1 aliphatic heterocycles. The molecule has 1 amide bonds. The van der Waals surface area contributed by atoms with Crippen molar-refractivity contribution in [3.63, 3.8) is 0 Å². The van der Waals surface area contributed by atoms with Crippen molar-refractivity contribution in [2.24, 2.45) is 17.3 Å². The van der Waals surface area contributed by atoms with Crippen LogP contribution in [0.5, 0.6) is 0 Å². The number of carbonyl (C=O) groups is 1. The first-order valence-corrected chi connectivity index (χ1v) is 7.68. The number of nitrogens with one attached hydrogen (secondary N) is 1. The highest BCUT2D eigenvalue weighted by molar-refractivity contribution is 5.76. The molecule has 0 aromatic rings. The van der Waals surface area contributed by atoms with E-state index in [0.717, 1.165) is 25.9 Å². The van der Waals surface area contributed by atoms with Crippen LogP contribution in [0.1, 0.15) is 53.9 Å². The number of hydrogen-bond acceptors (Lipinski definition) is 2. The Hall–Kier alpha value is -0.570. The summed E-state index contributed by atoms with van der Waals surface area (Å²) in [5, 5.41) is 3.35. The van der Waals surface area contributed by atoms with Gasteiger partial charge in [0.25, 0.3) is 0 Å². The zero-order valence-corrected chi connectivity index (χ0v) is 13.6. The maximum Gasteiger partial charge on any atom is 0.222 e. The molecule has 3 heteroatoms. The molecule has 0 aromatic heterocycles. The van der Waals surface area contributed by atoms with E-state index in [1.807, 2.05) is 7.05 Å². The third-order valence-electron chi connectivity index (χ3n) is 4.11. The molecule has 0 spiro atoms. The fourth-order valence-electron chi connectivity index (χ4n) is 3.35. The summed E-state index contributed by atoms with van der Waals surface area (Å²) in [7, 11) is 2.02. The Kier molecular flexibility index (Phi) is 5.84. The summed E-state index contributed by atoms with van der Waals surface area (Å²) in [6.07, 6.45) is 2.90. The molecule has 1 heterocycles. The monoisotopic (exact) mass is 268 g/mol. The lowest BCUT2D eigenvalue weighted by Gasteiger charge is -2.37. The van der Waals surface area contributed by atoms with Crippen LogP contribution in [0.4, 0.5) is 0 Å². The molecule has 1 N–H and O–H groups in total. The maximum absolute atomic E-state index is 12.3. The van der Waals surface area contributed by atoms with Gasteiger partial charge in [0.1, 0.15) is 0 Å². The van der Waals surface area contributed by atoms with E-state index in [1.165, 1.54) is 0 Å². The van der Waals surface area contributed by atoms with Gasteiger partial charge in [-0.3, -0.25) is 4.79 Å². The number of carbonyl (C=O) groups excluding carboxylic acids is 1. The van der Waals surface area contributed by atoms with E-state index in [1.54, 1.807) is 0 Å². The van der Waals surface area contributed by atoms with Crippen LogP contribution in [0, 0.1) is 17.3 Å². The maximum atomic E-state index is 12.3. The summed E-state index contributed by atoms with van der Waals surface area (Å²) in [5.41, 5.74) is 0.312. The summed E-state index contributed by atoms with van der Waals surface area (Å²) < 4.78 is 0. The first-order valence-electron chi connectivity index (χ1n) is 7.68. The Labute approximate surface area is 119 Å². The largest absolute Gasteiger partial charge is 0.342 e. The van der Waals surface area contributed by atoms with Gasteiger partial charge >= 0.3 is 0 Å². The van der Waals surface area contributed by atoms with Crippen molar-refractivity contribution < 1.29 is 4.79 Å². The van der Waals surface area contributed by atoms with Crippen molar-refractivity contribution in [2.75, 3.05) is 20.1 Å². The fraction of sp³-hybridized carbons (Fsp3) is 0.938. The molecule has 0 aromatic carbocycles. The van der Waals surface area contributed by atoms with Crippen LogP contribution in [0.2, 0.25) is 0 Å². The molecule has 3 atom stereocenters. The molecule has 3 unspecified atom stereocenters. The van der Waals surface area contributed by atoms with Gasteiger partial charge < -0.3 is 10.2 Å². The molecule has 1 rings (SSSR count). The van der Waals surface area contributed by atoms with E-state index in [4.69, 9.17) is 0 Å². The average molecular weight is 268 g/mol. The predicted octanol–water partition coefficient (Wildman–Crippen LogP) is 2.91. The predicted molar refractivity (Wildman–Crippen MR) is 81.1 cm³/mol. The number of hydrogen-bond donors (Lipinski definition) is 1. The second-order valence-corrected chi connectivity index (χ2v) is 7.57. The minimum Gasteiger partial charge on any atom is -0.342 e. The van der Waals surface area contributed by atoms with Gasteiger partial charge in [0.15, 0.2) is 0 Å². The van der Waals surface area contributed by atoms with E-state index >= 15 is 0 Å². The molecule has 1 saturated heterocycles. The highest BCUT2D eigenvalue weighted by atomic mass is 16.2. The third kappa shape index (κ3) is 5.52. The van der Waals surface area contributed by atoms with Crippen LogP contribution in [-0.4, -0.2) is 37.0 Å². The van der Waals surface area contributed by atoms with Gasteiger partial charge in [-0.15, -0.1) is 0 Å². The van der Waals surface area contributed by atoms with Gasteiger partial charge in [0.2, 0.25) is 5.91 Å². The Morgan fingerprint density at radius 1 is 1.42 bits per heavy atom. The van der Waals surface area contributed by atoms with Crippen LogP contribution in [0.3, 0.4) is 0 Å². The molecule has 19 heavy (non-hydrogen) atoms. The Bertz CT molecular complexity index is 296. The van der Waals surface area contributed by atoms with Crippen LogP contribution in [0.15, 0.2) is 0 Å². The molecule has 112 valence electrons. The summed E-state index contributed by atoms with van der Waals surface area (Å²) in [4.78, 5) is 14.4. The molecule has 1 aliphatic rings. The highest BCUT2D eigenvalue weighted by Gasteiger charge is 2.28. The van der Waals surface area contributed by atoms with Crippen LogP contribution in [-0.2, 0) is 4.79 Å². The lowest BCUT2D eigenvalue weighted by Crippen LogP contribution is -2.49. The van der Waals surface area contributed by atoms with Crippen LogP contribution in [0.25, 0.3) is 0 Å². The minimum absolute atomic E-state index is 0.312. The average Bonchev–Trinajstić information content (AvgIpc) is 2.26. The quantitative estimate of drug-likeness (QED) is 0.850. The zero-order chi connectivity index (χ0) is 14.6. The summed E-state index contributed by atoms with van der Waals surface area (Å²) in [6.45, 7) is 13.0. The van der Waals surface area contributed by atoms with Crippen molar-refractivity contribution in [3.05, 3.63) is 0 Å². The number of amides is 1. The second kappa shape index (κ2) is 6.74. The SMILES string of the molecule is CNC1CCN(C(=O)CC(C)CC(C)(C)C)CC1C. The topological polar surface area (TPSA) is 32.3 Å². The molecule has 0 bridgehead atoms. The summed E-state index contributed by atoms with van der Waals surface area (Å²) in [6, 6.07) is 0.566. The molecule has 0 radical (unpaired) electrons. The third-order valence-corrected chi connectivity index (χ3v) is 4.11. The van der Waals surface area contributed by atoms with Gasteiger partial charge in [-0.05, 0) is 37.1 Å². The molecule has 1 fully saturated rings. The highest BCUT2D eigenvalue weighted by Crippen LogP contribution is 2.27. The first-order chi connectivity index (χ1) is 8.73. The molecule has 3 nitrogen and oxygen atoms in total. The van der Waals surface area contributed by atoms with Crippen molar-refractivity contribution in [1.82, 2.24) is 10.2 Å². The summed E-state index contributed by atoms with van der Waals surface area (Å²) >= 11 is 0. The van der Waals surface area contributed by atoms with Crippen molar-refractivity contribution in [3.8, 4) is 0 Å². The molecular formula is C16H32N2O. The number of piperidine rings is 1. The van der Waals surface area contributed by atoms with Gasteiger partial charge in [0.05, 0.1) is 0 Å². The van der Waals surface area contributed by atoms with Gasteiger partial charge in [0, 0.05) is 25.6 Å². The Morgan fingerprint density at radius 3 is 2.53 bits per heavy atom. The molecule has 0 aliphatic carbocycles. The van der Waals surface area contributed by atoms with E-state index in [9.17, 15) is 4.79 Å². The van der Waals surface area contributed by atoms with Crippen molar-refractivity contribution in [2.45, 2.75) is 59.9 Å². The minimum atomic E-state index is 0.312. The smallest absolute Gasteiger partial charge is 0.222 e. The number of nitrogens with zero attached hydrogens (tertiary/aromatic N) is 1. The van der Waals surface area contributed by atoms with Crippen LogP contribution >= 0.6 is 0 Å². The zero-order valence-electron chi connectivity index (χ0n) is 13.6. The first kappa shape index (κ1) is 16.5. The lowest BCUT2D eigenvalue weighted by atomic mass is 9.84. The standard InChI is InChI=1S/C16H32N2O/c1-12(10-16(3,4)5)9-15(19)18-8-7-14(17-6)13(2)11-18/h12-14,17H,7-11H2,1-6H3. The van der Waals surface area contributed by atoms with Gasteiger partial charge in [-0.25, -0.2) is 0 Å². The van der Waals surface area contributed by atoms with E-state index < -0.39 is 0 Å². The van der Waals surface area contributed by atoms with E-state index in [2.05, 4.69) is 44.8 Å². The van der Waals surface area contributed by atoms with Crippen LogP contribution < -0.4 is 5.32 Å². The van der Waals surface area contributed by atoms with Crippen molar-refractivity contribution >= 4 is 5.91 Å². The van der Waals surface area contributed by atoms with Gasteiger partial charge in [-0.2, -0.15) is 0 Å². The Balaban J connectivity index is 2.42. The molecular weight excluding hydrogens is 236 g/mol. The number of likely N-dealkylation sites (tertiary alicyclic amines) is 1. The lowest BCUT2D eigenvalue weighted by molar-refractivity contribution is -0.134. The van der Waals surface area contributed by atoms with Gasteiger partial charge in [-0.1, -0.05) is 34.6 Å². The van der Waals surface area contributed by atoms with E-state index in [-0.39, 0.29) is 0 Å².